The van der Waals surface area contributed by atoms with Crippen molar-refractivity contribution in [3.63, 3.8) is 0 Å². The predicted molar refractivity (Wildman–Crippen MR) is 108 cm³/mol. The van der Waals surface area contributed by atoms with E-state index in [4.69, 9.17) is 8.83 Å². The summed E-state index contributed by atoms with van der Waals surface area (Å²) in [6.45, 7) is 0.860. The molecule has 4 aromatic heterocycles. The highest BCUT2D eigenvalue weighted by Crippen LogP contribution is 2.26. The van der Waals surface area contributed by atoms with Crippen LogP contribution in [0.2, 0.25) is 0 Å². The molecule has 0 atom stereocenters. The molecule has 2 amide bonds. The zero-order chi connectivity index (χ0) is 19.3. The smallest absolute Gasteiger partial charge is 0.291 e. The molecule has 0 unspecified atom stereocenters. The van der Waals surface area contributed by atoms with Gasteiger partial charge in [-0.15, -0.1) is 22.7 Å². The van der Waals surface area contributed by atoms with Crippen molar-refractivity contribution in [2.75, 3.05) is 5.32 Å². The van der Waals surface area contributed by atoms with E-state index in [2.05, 4.69) is 5.32 Å². The molecule has 0 aromatic carbocycles. The third-order valence-corrected chi connectivity index (χ3v) is 5.79. The van der Waals surface area contributed by atoms with E-state index in [-0.39, 0.29) is 17.6 Å². The Kier molecular flexibility index (Phi) is 5.41. The Morgan fingerprint density at radius 1 is 0.964 bits per heavy atom. The fourth-order valence-corrected chi connectivity index (χ4v) is 4.23. The van der Waals surface area contributed by atoms with Crippen LogP contribution in [0.15, 0.2) is 75.3 Å². The highest BCUT2D eigenvalue weighted by Gasteiger charge is 2.21. The van der Waals surface area contributed by atoms with Gasteiger partial charge >= 0.3 is 0 Å². The monoisotopic (exact) mass is 412 g/mol. The van der Waals surface area contributed by atoms with Gasteiger partial charge in [0, 0.05) is 4.88 Å². The fourth-order valence-electron chi connectivity index (χ4n) is 2.64. The van der Waals surface area contributed by atoms with Gasteiger partial charge in [0.2, 0.25) is 0 Å². The van der Waals surface area contributed by atoms with E-state index >= 15 is 0 Å². The van der Waals surface area contributed by atoms with Crippen LogP contribution in [0.1, 0.15) is 30.9 Å². The molecule has 0 aliphatic heterocycles. The van der Waals surface area contributed by atoms with Gasteiger partial charge in [-0.2, -0.15) is 0 Å². The number of rotatable bonds is 7. The summed E-state index contributed by atoms with van der Waals surface area (Å²) >= 11 is 2.83. The van der Waals surface area contributed by atoms with Crippen LogP contribution in [0.25, 0.3) is 0 Å². The van der Waals surface area contributed by atoms with Crippen molar-refractivity contribution < 1.29 is 18.4 Å². The van der Waals surface area contributed by atoms with Crippen molar-refractivity contribution in [2.24, 2.45) is 0 Å². The van der Waals surface area contributed by atoms with Gasteiger partial charge in [0.25, 0.3) is 11.8 Å². The summed E-state index contributed by atoms with van der Waals surface area (Å²) in [5.41, 5.74) is 0. The lowest BCUT2D eigenvalue weighted by Crippen LogP contribution is -2.29. The van der Waals surface area contributed by atoms with Crippen molar-refractivity contribution in [2.45, 2.75) is 13.1 Å². The van der Waals surface area contributed by atoms with E-state index in [0.29, 0.717) is 28.7 Å². The van der Waals surface area contributed by atoms with Gasteiger partial charge in [-0.25, -0.2) is 0 Å². The summed E-state index contributed by atoms with van der Waals surface area (Å²) in [6.07, 6.45) is 3.03. The van der Waals surface area contributed by atoms with Gasteiger partial charge in [0.1, 0.15) is 5.76 Å². The van der Waals surface area contributed by atoms with E-state index in [9.17, 15) is 9.59 Å². The van der Waals surface area contributed by atoms with E-state index in [1.807, 2.05) is 23.6 Å². The molecule has 4 aromatic rings. The van der Waals surface area contributed by atoms with E-state index < -0.39 is 0 Å². The molecule has 0 aliphatic carbocycles. The molecule has 0 bridgehead atoms. The Hall–Kier alpha value is -3.10. The van der Waals surface area contributed by atoms with Crippen LogP contribution in [-0.4, -0.2) is 16.7 Å². The maximum absolute atomic E-state index is 13.1. The number of hydrogen-bond donors (Lipinski definition) is 1. The number of thiophene rings is 2. The van der Waals surface area contributed by atoms with E-state index in [0.717, 1.165) is 4.88 Å². The van der Waals surface area contributed by atoms with Gasteiger partial charge in [-0.3, -0.25) is 9.59 Å². The molecular formula is C20H16N2O4S2. The average molecular weight is 412 g/mol. The molecule has 0 aliphatic rings. The average Bonchev–Trinajstić information content (AvgIpc) is 3.49. The lowest BCUT2D eigenvalue weighted by Gasteiger charge is -2.20. The second-order valence-corrected chi connectivity index (χ2v) is 8.03. The molecule has 4 heterocycles. The first-order valence-electron chi connectivity index (χ1n) is 8.48. The largest absolute Gasteiger partial charge is 0.467 e. The third-order valence-electron chi connectivity index (χ3n) is 3.94. The van der Waals surface area contributed by atoms with Gasteiger partial charge in [-0.1, -0.05) is 6.07 Å². The minimum atomic E-state index is -0.350. The van der Waals surface area contributed by atoms with Gasteiger partial charge in [0.05, 0.1) is 35.5 Å². The summed E-state index contributed by atoms with van der Waals surface area (Å²) in [6, 6.07) is 14.3. The lowest BCUT2D eigenvalue weighted by atomic mass is 10.3. The number of hydrogen-bond acceptors (Lipinski definition) is 6. The molecule has 4 rings (SSSR count). The number of nitrogens with zero attached hydrogens (tertiary/aromatic N) is 1. The summed E-state index contributed by atoms with van der Waals surface area (Å²) in [5, 5.41) is 5.31. The minimum Gasteiger partial charge on any atom is -0.467 e. The molecule has 0 saturated carbocycles. The first-order chi connectivity index (χ1) is 13.7. The summed E-state index contributed by atoms with van der Waals surface area (Å²) in [7, 11) is 0. The Bertz CT molecular complexity index is 998. The predicted octanol–water partition coefficient (Wildman–Crippen LogP) is 5.09. The molecule has 0 spiro atoms. The van der Waals surface area contributed by atoms with Crippen molar-refractivity contribution in [3.8, 4) is 0 Å². The zero-order valence-electron chi connectivity index (χ0n) is 14.7. The molecule has 0 saturated heterocycles. The van der Waals surface area contributed by atoms with Crippen molar-refractivity contribution in [3.05, 3.63) is 87.7 Å². The van der Waals surface area contributed by atoms with Gasteiger partial charge in [0.15, 0.2) is 5.76 Å². The zero-order valence-corrected chi connectivity index (χ0v) is 16.3. The van der Waals surface area contributed by atoms with Crippen molar-refractivity contribution >= 4 is 39.5 Å². The highest BCUT2D eigenvalue weighted by molar-refractivity contribution is 7.18. The van der Waals surface area contributed by atoms with Crippen LogP contribution in [-0.2, 0) is 13.1 Å². The quantitative estimate of drug-likeness (QED) is 0.459. The second kappa shape index (κ2) is 8.28. The number of anilines is 1. The number of carbonyl (C=O) groups excluding carboxylic acids is 2. The molecule has 0 radical (unpaired) electrons. The summed E-state index contributed by atoms with van der Waals surface area (Å²) in [5.74, 6) is 0.469. The van der Waals surface area contributed by atoms with E-state index in [1.54, 1.807) is 52.8 Å². The third kappa shape index (κ3) is 4.24. The number of carbonyl (C=O) groups is 2. The van der Waals surface area contributed by atoms with Crippen LogP contribution in [0.3, 0.4) is 0 Å². The Labute approximate surface area is 169 Å². The SMILES string of the molecule is O=C(Nc1ccc(C(=O)N(Cc2ccco2)Cc2cccs2)s1)c1ccco1. The normalized spacial score (nSPS) is 10.7. The maximum atomic E-state index is 13.1. The van der Waals surface area contributed by atoms with Crippen molar-refractivity contribution in [1.82, 2.24) is 4.90 Å². The maximum Gasteiger partial charge on any atom is 0.291 e. The molecule has 6 nitrogen and oxygen atoms in total. The van der Waals surface area contributed by atoms with Gasteiger partial charge < -0.3 is 19.1 Å². The van der Waals surface area contributed by atoms with Crippen molar-refractivity contribution in [1.29, 1.82) is 0 Å². The number of nitrogens with one attached hydrogen (secondary N) is 1. The minimum absolute atomic E-state index is 0.117. The summed E-state index contributed by atoms with van der Waals surface area (Å²) in [4.78, 5) is 28.6. The van der Waals surface area contributed by atoms with Crippen LogP contribution in [0, 0.1) is 0 Å². The second-order valence-electron chi connectivity index (χ2n) is 5.92. The number of furan rings is 2. The summed E-state index contributed by atoms with van der Waals surface area (Å²) < 4.78 is 10.5. The van der Waals surface area contributed by atoms with Crippen LogP contribution < -0.4 is 5.32 Å². The molecule has 28 heavy (non-hydrogen) atoms. The van der Waals surface area contributed by atoms with Gasteiger partial charge in [-0.05, 0) is 47.8 Å². The first-order valence-corrected chi connectivity index (χ1v) is 10.2. The Morgan fingerprint density at radius 3 is 2.54 bits per heavy atom. The molecule has 142 valence electrons. The Morgan fingerprint density at radius 2 is 1.82 bits per heavy atom. The molecular weight excluding hydrogens is 396 g/mol. The molecule has 1 N–H and O–H groups in total. The fraction of sp³-hybridized carbons (Fsp3) is 0.100. The van der Waals surface area contributed by atoms with E-state index in [1.165, 1.54) is 17.6 Å². The standard InChI is InChI=1S/C20H16N2O4S2/c23-19(16-6-2-10-26-16)21-18-8-7-17(28-18)20(24)22(12-14-4-1-9-25-14)13-15-5-3-11-27-15/h1-11H,12-13H2,(H,21,23). The topological polar surface area (TPSA) is 75.7 Å². The molecule has 0 fully saturated rings. The van der Waals surface area contributed by atoms with Crippen LogP contribution in [0.5, 0.6) is 0 Å². The lowest BCUT2D eigenvalue weighted by molar-refractivity contribution is 0.0724. The Balaban J connectivity index is 1.49. The molecule has 8 heteroatoms. The van der Waals surface area contributed by atoms with Crippen LogP contribution >= 0.6 is 22.7 Å². The number of amides is 2. The first kappa shape index (κ1) is 18.3. The van der Waals surface area contributed by atoms with Crippen LogP contribution in [0.4, 0.5) is 5.00 Å². The highest BCUT2D eigenvalue weighted by atomic mass is 32.1.